The number of methoxy groups -OCH3 is 1. The van der Waals surface area contributed by atoms with Crippen LogP contribution in [0.5, 0.6) is 5.75 Å². The van der Waals surface area contributed by atoms with Crippen molar-refractivity contribution >= 4 is 0 Å². The molecule has 0 aliphatic rings. The number of rotatable bonds is 8. The molecule has 0 bridgehead atoms. The van der Waals surface area contributed by atoms with E-state index in [1.165, 1.54) is 5.56 Å². The Labute approximate surface area is 110 Å². The summed E-state index contributed by atoms with van der Waals surface area (Å²) in [6, 6.07) is 8.10. The molecule has 102 valence electrons. The highest BCUT2D eigenvalue weighted by Gasteiger charge is 2.16. The van der Waals surface area contributed by atoms with Crippen molar-refractivity contribution in [2.45, 2.75) is 33.2 Å². The maximum Gasteiger partial charge on any atom is 0.119 e. The van der Waals surface area contributed by atoms with Crippen LogP contribution >= 0.6 is 0 Å². The summed E-state index contributed by atoms with van der Waals surface area (Å²) in [5, 5.41) is 12.3. The lowest BCUT2D eigenvalue weighted by Gasteiger charge is -2.24. The number of hydrogen-bond acceptors (Lipinski definition) is 3. The normalized spacial score (nSPS) is 11.6. The van der Waals surface area contributed by atoms with Crippen molar-refractivity contribution in [3.63, 3.8) is 0 Å². The summed E-state index contributed by atoms with van der Waals surface area (Å²) in [4.78, 5) is 0. The first kappa shape index (κ1) is 15.0. The Hall–Kier alpha value is -1.06. The molecule has 0 atom stereocenters. The van der Waals surface area contributed by atoms with E-state index in [0.29, 0.717) is 0 Å². The van der Waals surface area contributed by atoms with Gasteiger partial charge in [-0.3, -0.25) is 0 Å². The Morgan fingerprint density at radius 1 is 1.33 bits per heavy atom. The van der Waals surface area contributed by atoms with Gasteiger partial charge in [0.25, 0.3) is 0 Å². The van der Waals surface area contributed by atoms with Crippen molar-refractivity contribution in [3.05, 3.63) is 29.8 Å². The van der Waals surface area contributed by atoms with Gasteiger partial charge in [-0.2, -0.15) is 0 Å². The number of nitrogens with one attached hydrogen (secondary N) is 1. The third-order valence-corrected chi connectivity index (χ3v) is 3.08. The zero-order valence-corrected chi connectivity index (χ0v) is 11.7. The average Bonchev–Trinajstić information content (AvgIpc) is 2.36. The fourth-order valence-corrected chi connectivity index (χ4v) is 1.97. The van der Waals surface area contributed by atoms with Crippen molar-refractivity contribution < 1.29 is 9.84 Å². The van der Waals surface area contributed by atoms with Crippen LogP contribution in [0.4, 0.5) is 0 Å². The molecule has 1 aromatic rings. The predicted molar refractivity (Wildman–Crippen MR) is 74.8 cm³/mol. The van der Waals surface area contributed by atoms with E-state index in [1.807, 2.05) is 18.2 Å². The monoisotopic (exact) mass is 251 g/mol. The third-order valence-electron chi connectivity index (χ3n) is 3.08. The number of ether oxygens (including phenoxy) is 1. The molecule has 0 spiro atoms. The van der Waals surface area contributed by atoms with Crippen molar-refractivity contribution in [3.8, 4) is 5.75 Å². The molecule has 0 fully saturated rings. The van der Waals surface area contributed by atoms with Crippen molar-refractivity contribution in [2.75, 3.05) is 20.3 Å². The van der Waals surface area contributed by atoms with Crippen molar-refractivity contribution in [1.82, 2.24) is 5.32 Å². The Balaban J connectivity index is 2.36. The Morgan fingerprint density at radius 2 is 2.11 bits per heavy atom. The lowest BCUT2D eigenvalue weighted by atomic mass is 9.88. The molecule has 1 aromatic carbocycles. The molecule has 18 heavy (non-hydrogen) atoms. The van der Waals surface area contributed by atoms with Crippen LogP contribution in [0.1, 0.15) is 32.3 Å². The van der Waals surface area contributed by atoms with Crippen molar-refractivity contribution in [1.29, 1.82) is 0 Å². The van der Waals surface area contributed by atoms with Gasteiger partial charge in [0.1, 0.15) is 5.75 Å². The molecular formula is C15H25NO2. The number of aliphatic hydroxyl groups is 1. The van der Waals surface area contributed by atoms with E-state index in [2.05, 4.69) is 25.2 Å². The average molecular weight is 251 g/mol. The first-order valence-electron chi connectivity index (χ1n) is 6.52. The molecule has 0 saturated carbocycles. The first-order chi connectivity index (χ1) is 8.57. The topological polar surface area (TPSA) is 41.5 Å². The van der Waals surface area contributed by atoms with E-state index >= 15 is 0 Å². The minimum Gasteiger partial charge on any atom is -0.497 e. The molecule has 0 unspecified atom stereocenters. The van der Waals surface area contributed by atoms with Gasteiger partial charge in [0.2, 0.25) is 0 Å². The number of benzene rings is 1. The van der Waals surface area contributed by atoms with Crippen LogP contribution in [0.3, 0.4) is 0 Å². The second kappa shape index (κ2) is 7.39. The van der Waals surface area contributed by atoms with Crippen LogP contribution in [0.25, 0.3) is 0 Å². The van der Waals surface area contributed by atoms with E-state index in [4.69, 9.17) is 9.84 Å². The molecule has 1 rings (SSSR count). The Kier molecular flexibility index (Phi) is 6.16. The fraction of sp³-hybridized carbons (Fsp3) is 0.600. The van der Waals surface area contributed by atoms with E-state index < -0.39 is 0 Å². The molecule has 0 heterocycles. The van der Waals surface area contributed by atoms with Crippen LogP contribution in [-0.4, -0.2) is 25.4 Å². The molecule has 3 heteroatoms. The van der Waals surface area contributed by atoms with Gasteiger partial charge < -0.3 is 15.2 Å². The standard InChI is InChI=1S/C15H25NO2/c1-15(2,8-5-9-17)12-16-11-13-6-4-7-14(10-13)18-3/h4,6-7,10,16-17H,5,8-9,11-12H2,1-3H3. The summed E-state index contributed by atoms with van der Waals surface area (Å²) >= 11 is 0. The van der Waals surface area contributed by atoms with Gasteiger partial charge in [0, 0.05) is 19.7 Å². The lowest BCUT2D eigenvalue weighted by Crippen LogP contribution is -2.29. The molecule has 3 nitrogen and oxygen atoms in total. The van der Waals surface area contributed by atoms with E-state index in [9.17, 15) is 0 Å². The SMILES string of the molecule is COc1cccc(CNCC(C)(C)CCCO)c1. The summed E-state index contributed by atoms with van der Waals surface area (Å²) in [5.41, 5.74) is 1.45. The largest absolute Gasteiger partial charge is 0.497 e. The summed E-state index contributed by atoms with van der Waals surface area (Å²) in [7, 11) is 1.69. The summed E-state index contributed by atoms with van der Waals surface area (Å²) < 4.78 is 5.20. The third kappa shape index (κ3) is 5.52. The maximum atomic E-state index is 8.86. The highest BCUT2D eigenvalue weighted by atomic mass is 16.5. The molecule has 0 saturated heterocycles. The Morgan fingerprint density at radius 3 is 2.78 bits per heavy atom. The molecular weight excluding hydrogens is 226 g/mol. The number of hydrogen-bond donors (Lipinski definition) is 2. The maximum absolute atomic E-state index is 8.86. The van der Waals surface area contributed by atoms with Crippen LogP contribution in [0, 0.1) is 5.41 Å². The van der Waals surface area contributed by atoms with Gasteiger partial charge in [-0.05, 0) is 36.0 Å². The Bertz CT molecular complexity index is 350. The molecule has 0 aliphatic carbocycles. The first-order valence-corrected chi connectivity index (χ1v) is 6.52. The quantitative estimate of drug-likeness (QED) is 0.746. The minimum atomic E-state index is 0.224. The molecule has 0 amide bonds. The highest BCUT2D eigenvalue weighted by Crippen LogP contribution is 2.21. The smallest absolute Gasteiger partial charge is 0.119 e. The fourth-order valence-electron chi connectivity index (χ4n) is 1.97. The summed E-state index contributed by atoms with van der Waals surface area (Å²) in [6.45, 7) is 6.52. The minimum absolute atomic E-state index is 0.224. The van der Waals surface area contributed by atoms with Crippen LogP contribution in [0.2, 0.25) is 0 Å². The summed E-state index contributed by atoms with van der Waals surface area (Å²) in [5.74, 6) is 0.897. The molecule has 0 aromatic heterocycles. The zero-order valence-electron chi connectivity index (χ0n) is 11.7. The van der Waals surface area contributed by atoms with Crippen LogP contribution in [-0.2, 0) is 6.54 Å². The molecule has 0 radical (unpaired) electrons. The predicted octanol–water partition coefficient (Wildman–Crippen LogP) is 2.58. The lowest BCUT2D eigenvalue weighted by molar-refractivity contribution is 0.236. The highest BCUT2D eigenvalue weighted by molar-refractivity contribution is 5.28. The van der Waals surface area contributed by atoms with Gasteiger partial charge in [0.15, 0.2) is 0 Å². The molecule has 0 aliphatic heterocycles. The van der Waals surface area contributed by atoms with Gasteiger partial charge in [-0.25, -0.2) is 0 Å². The van der Waals surface area contributed by atoms with Crippen LogP contribution in [0.15, 0.2) is 24.3 Å². The van der Waals surface area contributed by atoms with Gasteiger partial charge in [0.05, 0.1) is 7.11 Å². The van der Waals surface area contributed by atoms with Crippen LogP contribution < -0.4 is 10.1 Å². The summed E-state index contributed by atoms with van der Waals surface area (Å²) in [6.07, 6.45) is 1.91. The van der Waals surface area contributed by atoms with Gasteiger partial charge in [-0.15, -0.1) is 0 Å². The zero-order chi connectivity index (χ0) is 13.4. The van der Waals surface area contributed by atoms with Crippen molar-refractivity contribution in [2.24, 2.45) is 5.41 Å². The number of aliphatic hydroxyl groups excluding tert-OH is 1. The van der Waals surface area contributed by atoms with E-state index in [0.717, 1.165) is 31.7 Å². The van der Waals surface area contributed by atoms with E-state index in [1.54, 1.807) is 7.11 Å². The second-order valence-corrected chi connectivity index (χ2v) is 5.45. The van der Waals surface area contributed by atoms with Gasteiger partial charge >= 0.3 is 0 Å². The van der Waals surface area contributed by atoms with E-state index in [-0.39, 0.29) is 12.0 Å². The second-order valence-electron chi connectivity index (χ2n) is 5.45. The van der Waals surface area contributed by atoms with Gasteiger partial charge in [-0.1, -0.05) is 26.0 Å². The molecule has 2 N–H and O–H groups in total.